The van der Waals surface area contributed by atoms with Crippen molar-refractivity contribution >= 4 is 40.7 Å². The summed E-state index contributed by atoms with van der Waals surface area (Å²) in [6.07, 6.45) is -4.20. The predicted octanol–water partition coefficient (Wildman–Crippen LogP) is 5.57. The van der Waals surface area contributed by atoms with Crippen molar-refractivity contribution in [3.8, 4) is 5.82 Å². The van der Waals surface area contributed by atoms with Gasteiger partial charge in [0.2, 0.25) is 0 Å². The highest BCUT2D eigenvalue weighted by Gasteiger charge is 2.60. The summed E-state index contributed by atoms with van der Waals surface area (Å²) >= 11 is 12.4. The zero-order chi connectivity index (χ0) is 31.0. The van der Waals surface area contributed by atoms with Crippen LogP contribution < -0.4 is 10.6 Å². The molecule has 0 unspecified atom stereocenters. The number of nitrogens with one attached hydrogen (secondary N) is 2. The minimum atomic E-state index is -5.87. The molecule has 0 radical (unpaired) electrons. The van der Waals surface area contributed by atoms with Crippen molar-refractivity contribution in [2.75, 3.05) is 5.32 Å². The van der Waals surface area contributed by atoms with E-state index in [4.69, 9.17) is 23.2 Å². The van der Waals surface area contributed by atoms with Gasteiger partial charge in [0.1, 0.15) is 12.2 Å². The molecule has 222 valence electrons. The Morgan fingerprint density at radius 1 is 1.05 bits per heavy atom. The largest absolute Gasteiger partial charge is 0.459 e. The lowest BCUT2D eigenvalue weighted by Gasteiger charge is -2.16. The zero-order valence-corrected chi connectivity index (χ0v) is 23.5. The second-order valence-electron chi connectivity index (χ2n) is 9.30. The lowest BCUT2D eigenvalue weighted by atomic mass is 10.1. The Morgan fingerprint density at radius 3 is 2.40 bits per heavy atom. The first-order valence-corrected chi connectivity index (χ1v) is 12.8. The molecular weight excluding hydrogens is 610 g/mol. The van der Waals surface area contributed by atoms with E-state index < -0.39 is 36.2 Å². The van der Waals surface area contributed by atoms with Crippen LogP contribution in [-0.2, 0) is 12.5 Å². The van der Waals surface area contributed by atoms with Crippen molar-refractivity contribution in [3.05, 3.63) is 81.0 Å². The highest BCUT2D eigenvalue weighted by atomic mass is 35.5. The van der Waals surface area contributed by atoms with Gasteiger partial charge in [-0.1, -0.05) is 23.2 Å². The van der Waals surface area contributed by atoms with E-state index in [0.29, 0.717) is 16.6 Å². The Balaban J connectivity index is 1.73. The van der Waals surface area contributed by atoms with E-state index in [1.807, 2.05) is 0 Å². The van der Waals surface area contributed by atoms with Gasteiger partial charge >= 0.3 is 12.1 Å². The summed E-state index contributed by atoms with van der Waals surface area (Å²) in [5, 5.41) is 16.7. The smallest absolute Gasteiger partial charge is 0.350 e. The van der Waals surface area contributed by atoms with Crippen LogP contribution in [0.1, 0.15) is 51.6 Å². The molecule has 0 aliphatic heterocycles. The maximum Gasteiger partial charge on any atom is 0.459 e. The maximum absolute atomic E-state index is 13.7. The molecule has 42 heavy (non-hydrogen) atoms. The van der Waals surface area contributed by atoms with Gasteiger partial charge in [-0.2, -0.15) is 42.0 Å². The average Bonchev–Trinajstić information content (AvgIpc) is 3.52. The van der Waals surface area contributed by atoms with E-state index in [2.05, 4.69) is 30.9 Å². The first-order valence-electron chi connectivity index (χ1n) is 12.1. The third-order valence-corrected chi connectivity index (χ3v) is 6.17. The van der Waals surface area contributed by atoms with Gasteiger partial charge in [0.25, 0.3) is 11.8 Å². The van der Waals surface area contributed by atoms with Gasteiger partial charge in [0, 0.05) is 17.3 Å². The monoisotopic (exact) mass is 630 g/mol. The van der Waals surface area contributed by atoms with Crippen LogP contribution in [-0.4, -0.2) is 53.8 Å². The molecule has 0 saturated carbocycles. The average molecular weight is 631 g/mol. The van der Waals surface area contributed by atoms with E-state index in [1.165, 1.54) is 30.5 Å². The third-order valence-electron chi connectivity index (χ3n) is 5.65. The second kappa shape index (κ2) is 11.6. The highest BCUT2D eigenvalue weighted by molar-refractivity contribution is 6.32. The van der Waals surface area contributed by atoms with Crippen molar-refractivity contribution in [3.63, 3.8) is 0 Å². The minimum absolute atomic E-state index is 0.00931. The van der Waals surface area contributed by atoms with Gasteiger partial charge < -0.3 is 10.6 Å². The summed E-state index contributed by atoms with van der Waals surface area (Å²) in [5.74, 6) is -6.49. The number of carbonyl (C=O) groups is 2. The Bertz CT molecular complexity index is 1650. The molecule has 0 fully saturated rings. The van der Waals surface area contributed by atoms with Crippen molar-refractivity contribution in [2.24, 2.45) is 0 Å². The summed E-state index contributed by atoms with van der Waals surface area (Å²) in [6.45, 7) is 4.65. The van der Waals surface area contributed by atoms with Crippen LogP contribution in [0.25, 0.3) is 5.82 Å². The molecule has 0 aliphatic rings. The SMILES string of the molecule is Cc1cc(Cl)cc(C(=O)NC(C)C)c1NC(=O)c1cc(Cn2ncc(C(F)(F)C(F)(F)F)n2)nn1-c1ncccc1Cl. The standard InChI is InChI=1S/C25H21Cl2F5N8O2/c1-12(2)35-22(41)16-8-14(26)7-13(3)20(16)36-23(42)18-9-15(37-40(18)21-17(27)5-4-6-33-21)11-39-34-10-19(38-39)24(28,29)25(30,31)32/h4-10,12H,11H2,1-3H3,(H,35,41)(H,36,42). The van der Waals surface area contributed by atoms with Crippen LogP contribution in [0, 0.1) is 6.92 Å². The highest BCUT2D eigenvalue weighted by Crippen LogP contribution is 2.42. The van der Waals surface area contributed by atoms with Gasteiger partial charge in [-0.05, 0) is 56.7 Å². The summed E-state index contributed by atoms with van der Waals surface area (Å²) in [4.78, 5) is 31.2. The second-order valence-corrected chi connectivity index (χ2v) is 10.1. The van der Waals surface area contributed by atoms with Crippen molar-refractivity contribution in [2.45, 2.75) is 45.5 Å². The molecular formula is C25H21Cl2F5N8O2. The van der Waals surface area contributed by atoms with Crippen LogP contribution in [0.15, 0.2) is 42.7 Å². The Kier molecular flexibility index (Phi) is 8.55. The maximum atomic E-state index is 13.7. The normalized spacial score (nSPS) is 12.1. The molecule has 4 aromatic rings. The molecule has 17 heteroatoms. The lowest BCUT2D eigenvalue weighted by molar-refractivity contribution is -0.291. The van der Waals surface area contributed by atoms with E-state index in [-0.39, 0.29) is 44.5 Å². The molecule has 0 saturated heterocycles. The first-order chi connectivity index (χ1) is 19.6. The number of benzene rings is 1. The molecule has 2 N–H and O–H groups in total. The lowest BCUT2D eigenvalue weighted by Crippen LogP contribution is -2.34. The third kappa shape index (κ3) is 6.36. The molecule has 1 aromatic carbocycles. The van der Waals surface area contributed by atoms with E-state index >= 15 is 0 Å². The summed E-state index contributed by atoms with van der Waals surface area (Å²) in [6, 6.07) is 6.94. The quantitative estimate of drug-likeness (QED) is 0.246. The fourth-order valence-corrected chi connectivity index (χ4v) is 4.25. The molecule has 3 aromatic heterocycles. The Morgan fingerprint density at radius 2 is 1.76 bits per heavy atom. The van der Waals surface area contributed by atoms with Crippen molar-refractivity contribution in [1.29, 1.82) is 0 Å². The van der Waals surface area contributed by atoms with Gasteiger partial charge in [-0.15, -0.1) is 0 Å². The van der Waals surface area contributed by atoms with Crippen LogP contribution in [0.2, 0.25) is 10.0 Å². The Labute approximate surface area is 244 Å². The minimum Gasteiger partial charge on any atom is -0.350 e. The van der Waals surface area contributed by atoms with Crippen LogP contribution in [0.4, 0.5) is 27.6 Å². The zero-order valence-electron chi connectivity index (χ0n) is 22.0. The number of halogens is 7. The number of aromatic nitrogens is 6. The van der Waals surface area contributed by atoms with Crippen LogP contribution >= 0.6 is 23.2 Å². The summed E-state index contributed by atoms with van der Waals surface area (Å²) in [7, 11) is 0. The number of aryl methyl sites for hydroxylation is 1. The fourth-order valence-electron chi connectivity index (χ4n) is 3.78. The van der Waals surface area contributed by atoms with Crippen molar-refractivity contribution in [1.82, 2.24) is 35.1 Å². The fraction of sp³-hybridized carbons (Fsp3) is 0.280. The number of anilines is 1. The molecule has 0 bridgehead atoms. The van der Waals surface area contributed by atoms with E-state index in [9.17, 15) is 31.5 Å². The van der Waals surface area contributed by atoms with Crippen LogP contribution in [0.5, 0.6) is 0 Å². The van der Waals surface area contributed by atoms with E-state index in [1.54, 1.807) is 26.8 Å². The summed E-state index contributed by atoms with van der Waals surface area (Å²) < 4.78 is 66.7. The molecule has 0 atom stereocenters. The number of nitrogens with zero attached hydrogens (tertiary/aromatic N) is 6. The number of rotatable bonds is 8. The molecule has 3 heterocycles. The topological polar surface area (TPSA) is 120 Å². The number of alkyl halides is 5. The van der Waals surface area contributed by atoms with Gasteiger partial charge in [-0.25, -0.2) is 9.67 Å². The first kappa shape index (κ1) is 30.8. The summed E-state index contributed by atoms with van der Waals surface area (Å²) in [5.41, 5.74) is -1.08. The molecule has 0 aliphatic carbocycles. The number of carbonyl (C=O) groups excluding carboxylic acids is 2. The van der Waals surface area contributed by atoms with Gasteiger partial charge in [0.15, 0.2) is 11.5 Å². The predicted molar refractivity (Wildman–Crippen MR) is 142 cm³/mol. The van der Waals surface area contributed by atoms with Crippen LogP contribution in [0.3, 0.4) is 0 Å². The van der Waals surface area contributed by atoms with Gasteiger partial charge in [-0.3, -0.25) is 9.59 Å². The molecule has 4 rings (SSSR count). The number of pyridine rings is 1. The Hall–Kier alpha value is -4.11. The molecule has 2 amide bonds. The van der Waals surface area contributed by atoms with E-state index in [0.717, 1.165) is 4.68 Å². The molecule has 10 nitrogen and oxygen atoms in total. The number of hydrogen-bond donors (Lipinski definition) is 2. The molecule has 0 spiro atoms. The van der Waals surface area contributed by atoms with Crippen molar-refractivity contribution < 1.29 is 31.5 Å². The number of amides is 2. The van der Waals surface area contributed by atoms with Gasteiger partial charge in [0.05, 0.1) is 28.2 Å². The number of hydrogen-bond acceptors (Lipinski definition) is 6.